The number of hydrogen-bond donors (Lipinski definition) is 2. The zero-order valence-corrected chi connectivity index (χ0v) is 16.6. The van der Waals surface area contributed by atoms with Gasteiger partial charge in [0, 0.05) is 25.5 Å². The summed E-state index contributed by atoms with van der Waals surface area (Å²) in [4.78, 5) is 12.4. The minimum Gasteiger partial charge on any atom is -0.373 e. The van der Waals surface area contributed by atoms with Crippen molar-refractivity contribution in [2.24, 2.45) is 17.8 Å². The van der Waals surface area contributed by atoms with Crippen LogP contribution >= 0.6 is 12.4 Å². The predicted octanol–water partition coefficient (Wildman–Crippen LogP) is 3.72. The molecular formula is C21H33ClN2O2. The van der Waals surface area contributed by atoms with Crippen LogP contribution in [0.4, 0.5) is 0 Å². The van der Waals surface area contributed by atoms with Crippen molar-refractivity contribution in [3.63, 3.8) is 0 Å². The summed E-state index contributed by atoms with van der Waals surface area (Å²) in [5, 5.41) is 6.58. The quantitative estimate of drug-likeness (QED) is 0.790. The van der Waals surface area contributed by atoms with Crippen molar-refractivity contribution >= 4 is 18.3 Å². The third kappa shape index (κ3) is 5.97. The van der Waals surface area contributed by atoms with E-state index in [1.807, 2.05) is 6.07 Å². The van der Waals surface area contributed by atoms with Gasteiger partial charge in [-0.1, -0.05) is 37.3 Å². The van der Waals surface area contributed by atoms with Crippen molar-refractivity contribution in [1.29, 1.82) is 0 Å². The van der Waals surface area contributed by atoms with Crippen LogP contribution in [-0.4, -0.2) is 32.1 Å². The lowest BCUT2D eigenvalue weighted by Gasteiger charge is -2.32. The lowest BCUT2D eigenvalue weighted by Crippen LogP contribution is -2.37. The van der Waals surface area contributed by atoms with Crippen LogP contribution in [0.25, 0.3) is 0 Å². The maximum Gasteiger partial charge on any atom is 0.220 e. The Kier molecular flexibility index (Phi) is 8.89. The first-order valence-electron chi connectivity index (χ1n) is 9.88. The van der Waals surface area contributed by atoms with Gasteiger partial charge in [0.25, 0.3) is 0 Å². The molecule has 3 rings (SSSR count). The SMILES string of the molecule is CC(CC(=O)NCC1CCCOC1c1ccccc1)C1CCNCC1.Cl. The number of carbonyl (C=O) groups excluding carboxylic acids is 1. The summed E-state index contributed by atoms with van der Waals surface area (Å²) >= 11 is 0. The molecule has 146 valence electrons. The average molecular weight is 381 g/mol. The summed E-state index contributed by atoms with van der Waals surface area (Å²) in [5.41, 5.74) is 1.23. The van der Waals surface area contributed by atoms with Gasteiger partial charge >= 0.3 is 0 Å². The first-order chi connectivity index (χ1) is 12.2. The molecule has 2 fully saturated rings. The lowest BCUT2D eigenvalue weighted by atomic mass is 9.84. The van der Waals surface area contributed by atoms with Crippen molar-refractivity contribution in [2.75, 3.05) is 26.2 Å². The van der Waals surface area contributed by atoms with Crippen molar-refractivity contribution in [1.82, 2.24) is 10.6 Å². The molecule has 2 N–H and O–H groups in total. The Morgan fingerprint density at radius 1 is 1.23 bits per heavy atom. The Hall–Kier alpha value is -1.10. The van der Waals surface area contributed by atoms with E-state index in [-0.39, 0.29) is 24.4 Å². The second kappa shape index (κ2) is 10.9. The number of rotatable bonds is 6. The van der Waals surface area contributed by atoms with Gasteiger partial charge in [0.05, 0.1) is 6.10 Å². The molecule has 26 heavy (non-hydrogen) atoms. The van der Waals surface area contributed by atoms with Crippen LogP contribution in [-0.2, 0) is 9.53 Å². The van der Waals surface area contributed by atoms with E-state index < -0.39 is 0 Å². The van der Waals surface area contributed by atoms with E-state index in [1.165, 1.54) is 18.4 Å². The molecular weight excluding hydrogens is 348 g/mol. The third-order valence-electron chi connectivity index (χ3n) is 5.83. The standard InChI is InChI=1S/C21H32N2O2.ClH/c1-16(17-9-11-22-12-10-17)14-20(24)23-15-19-8-5-13-25-21(19)18-6-3-2-4-7-18;/h2-4,6-7,16-17,19,21-22H,5,8-15H2,1H3,(H,23,24);1H. The molecule has 0 spiro atoms. The molecule has 1 amide bonds. The van der Waals surface area contributed by atoms with Gasteiger partial charge in [-0.15, -0.1) is 12.4 Å². The smallest absolute Gasteiger partial charge is 0.220 e. The second-order valence-corrected chi connectivity index (χ2v) is 7.68. The molecule has 2 aliphatic rings. The molecule has 2 aliphatic heterocycles. The number of ether oxygens (including phenoxy) is 1. The summed E-state index contributed by atoms with van der Waals surface area (Å²) in [6.07, 6.45) is 5.34. The van der Waals surface area contributed by atoms with Gasteiger partial charge < -0.3 is 15.4 Å². The van der Waals surface area contributed by atoms with Crippen LogP contribution in [0.2, 0.25) is 0 Å². The number of benzene rings is 1. The van der Waals surface area contributed by atoms with Gasteiger partial charge in [0.2, 0.25) is 5.91 Å². The van der Waals surface area contributed by atoms with Crippen LogP contribution in [0.1, 0.15) is 50.7 Å². The number of nitrogens with one attached hydrogen (secondary N) is 2. The zero-order valence-electron chi connectivity index (χ0n) is 15.8. The average Bonchev–Trinajstić information content (AvgIpc) is 2.68. The van der Waals surface area contributed by atoms with Crippen LogP contribution in [0.5, 0.6) is 0 Å². The molecule has 1 aromatic carbocycles. The molecule has 0 radical (unpaired) electrons. The van der Waals surface area contributed by atoms with Gasteiger partial charge in [-0.05, 0) is 56.2 Å². The Morgan fingerprint density at radius 3 is 2.69 bits per heavy atom. The second-order valence-electron chi connectivity index (χ2n) is 7.68. The molecule has 2 heterocycles. The highest BCUT2D eigenvalue weighted by molar-refractivity contribution is 5.85. The highest BCUT2D eigenvalue weighted by atomic mass is 35.5. The van der Waals surface area contributed by atoms with Crippen LogP contribution < -0.4 is 10.6 Å². The molecule has 3 atom stereocenters. The molecule has 4 nitrogen and oxygen atoms in total. The van der Waals surface area contributed by atoms with E-state index in [4.69, 9.17) is 4.74 Å². The summed E-state index contributed by atoms with van der Waals surface area (Å²) < 4.78 is 6.03. The van der Waals surface area contributed by atoms with Gasteiger partial charge in [0.1, 0.15) is 0 Å². The largest absolute Gasteiger partial charge is 0.373 e. The summed E-state index contributed by atoms with van der Waals surface area (Å²) in [7, 11) is 0. The van der Waals surface area contributed by atoms with Crippen molar-refractivity contribution in [3.05, 3.63) is 35.9 Å². The molecule has 1 aromatic rings. The molecule has 0 saturated carbocycles. The van der Waals surface area contributed by atoms with Crippen LogP contribution in [0.3, 0.4) is 0 Å². The number of amides is 1. The van der Waals surface area contributed by atoms with E-state index in [0.717, 1.165) is 39.1 Å². The highest BCUT2D eigenvalue weighted by Crippen LogP contribution is 2.33. The molecule has 0 aromatic heterocycles. The van der Waals surface area contributed by atoms with Crippen molar-refractivity contribution in [2.45, 2.75) is 45.1 Å². The fourth-order valence-corrected chi connectivity index (χ4v) is 4.25. The van der Waals surface area contributed by atoms with E-state index in [0.29, 0.717) is 24.2 Å². The summed E-state index contributed by atoms with van der Waals surface area (Å²) in [6, 6.07) is 10.4. The number of carbonyl (C=O) groups is 1. The Morgan fingerprint density at radius 2 is 1.96 bits per heavy atom. The van der Waals surface area contributed by atoms with Crippen molar-refractivity contribution < 1.29 is 9.53 Å². The van der Waals surface area contributed by atoms with E-state index in [2.05, 4.69) is 41.8 Å². The zero-order chi connectivity index (χ0) is 17.5. The fourth-order valence-electron chi connectivity index (χ4n) is 4.25. The molecule has 0 aliphatic carbocycles. The Labute approximate surface area is 163 Å². The van der Waals surface area contributed by atoms with Gasteiger partial charge in [-0.25, -0.2) is 0 Å². The Bertz CT molecular complexity index is 534. The van der Waals surface area contributed by atoms with Gasteiger partial charge in [-0.2, -0.15) is 0 Å². The monoisotopic (exact) mass is 380 g/mol. The topological polar surface area (TPSA) is 50.4 Å². The third-order valence-corrected chi connectivity index (χ3v) is 5.83. The predicted molar refractivity (Wildman–Crippen MR) is 107 cm³/mol. The maximum absolute atomic E-state index is 12.4. The van der Waals surface area contributed by atoms with Crippen LogP contribution in [0.15, 0.2) is 30.3 Å². The minimum absolute atomic E-state index is 0. The maximum atomic E-state index is 12.4. The fraction of sp³-hybridized carbons (Fsp3) is 0.667. The molecule has 2 saturated heterocycles. The van der Waals surface area contributed by atoms with E-state index in [1.54, 1.807) is 0 Å². The lowest BCUT2D eigenvalue weighted by molar-refractivity contribution is -0.123. The number of halogens is 1. The number of piperidine rings is 1. The first kappa shape index (κ1) is 21.2. The highest BCUT2D eigenvalue weighted by Gasteiger charge is 2.28. The van der Waals surface area contributed by atoms with Crippen LogP contribution in [0, 0.1) is 17.8 Å². The van der Waals surface area contributed by atoms with Gasteiger partial charge in [0.15, 0.2) is 0 Å². The Balaban J connectivity index is 0.00000243. The molecule has 0 bridgehead atoms. The van der Waals surface area contributed by atoms with E-state index >= 15 is 0 Å². The summed E-state index contributed by atoms with van der Waals surface area (Å²) in [5.74, 6) is 1.72. The summed E-state index contributed by atoms with van der Waals surface area (Å²) in [6.45, 7) is 5.95. The molecule has 3 unspecified atom stereocenters. The number of hydrogen-bond acceptors (Lipinski definition) is 3. The van der Waals surface area contributed by atoms with E-state index in [9.17, 15) is 4.79 Å². The molecule has 5 heteroatoms. The van der Waals surface area contributed by atoms with Crippen molar-refractivity contribution in [3.8, 4) is 0 Å². The first-order valence-corrected chi connectivity index (χ1v) is 9.88. The minimum atomic E-state index is 0. The normalized spacial score (nSPS) is 25.1. The van der Waals surface area contributed by atoms with Gasteiger partial charge in [-0.3, -0.25) is 4.79 Å².